The van der Waals surface area contributed by atoms with Crippen LogP contribution in [0.2, 0.25) is 0 Å². The lowest BCUT2D eigenvalue weighted by Crippen LogP contribution is -2.64. The van der Waals surface area contributed by atoms with Gasteiger partial charge in [0.05, 0.1) is 13.2 Å². The van der Waals surface area contributed by atoms with E-state index in [0.29, 0.717) is 19.4 Å². The smallest absolute Gasteiger partial charge is 0.457 e. The van der Waals surface area contributed by atoms with Gasteiger partial charge in [0.2, 0.25) is 0 Å². The van der Waals surface area contributed by atoms with Crippen molar-refractivity contribution in [3.05, 3.63) is 85.1 Å². The number of phosphoric ester groups is 1. The molecule has 6 unspecified atom stereocenters. The highest BCUT2D eigenvalue weighted by molar-refractivity contribution is 7.47. The topological polar surface area (TPSA) is 192 Å². The Labute approximate surface area is 450 Å². The number of rotatable bonds is 50. The normalized spacial score (nSPS) is 21.0. The molecule has 1 rings (SSSR count). The van der Waals surface area contributed by atoms with E-state index in [1.54, 1.807) is 0 Å². The van der Waals surface area contributed by atoms with Gasteiger partial charge in [0.1, 0.15) is 42.7 Å². The van der Waals surface area contributed by atoms with E-state index in [0.717, 1.165) is 64.2 Å². The van der Waals surface area contributed by atoms with Gasteiger partial charge in [-0.1, -0.05) is 247 Å². The second kappa shape index (κ2) is 50.1. The number of hydrogen-bond donors (Lipinski definition) is 6. The fourth-order valence-electron chi connectivity index (χ4n) is 8.70. The van der Waals surface area contributed by atoms with E-state index in [4.69, 9.17) is 18.5 Å². The van der Waals surface area contributed by atoms with Crippen LogP contribution in [-0.2, 0) is 27.9 Å². The van der Waals surface area contributed by atoms with Crippen LogP contribution in [0.25, 0.3) is 0 Å². The van der Waals surface area contributed by atoms with Crippen molar-refractivity contribution in [1.29, 1.82) is 0 Å². The van der Waals surface area contributed by atoms with Crippen molar-refractivity contribution >= 4 is 13.8 Å². The third-order valence-electron chi connectivity index (χ3n) is 13.3. The van der Waals surface area contributed by atoms with Crippen LogP contribution in [0.3, 0.4) is 0 Å². The summed E-state index contributed by atoms with van der Waals surface area (Å²) < 4.78 is 34.4. The van der Waals surface area contributed by atoms with Crippen molar-refractivity contribution in [2.45, 2.75) is 275 Å². The number of aliphatic hydroxyl groups excluding tert-OH is 5. The summed E-state index contributed by atoms with van der Waals surface area (Å²) in [5, 5.41) is 50.4. The predicted octanol–water partition coefficient (Wildman–Crippen LogP) is 14.4. The summed E-state index contributed by atoms with van der Waals surface area (Å²) in [6.07, 6.45) is 56.7. The molecule has 1 aliphatic rings. The minimum absolute atomic E-state index is 0.102. The Bertz CT molecular complexity index is 1540. The van der Waals surface area contributed by atoms with Crippen LogP contribution in [0.15, 0.2) is 85.1 Å². The summed E-state index contributed by atoms with van der Waals surface area (Å²) in [5.41, 5.74) is 0. The Hall–Kier alpha value is -2.48. The van der Waals surface area contributed by atoms with Crippen molar-refractivity contribution < 1.29 is 58.3 Å². The van der Waals surface area contributed by atoms with Crippen LogP contribution in [0.4, 0.5) is 0 Å². The van der Waals surface area contributed by atoms with Gasteiger partial charge in [-0.2, -0.15) is 0 Å². The fraction of sp³-hybridized carbons (Fsp3) is 0.754. The number of aliphatic hydroxyl groups is 5. The zero-order valence-electron chi connectivity index (χ0n) is 46.4. The Morgan fingerprint density at radius 3 is 1.16 bits per heavy atom. The molecule has 0 amide bonds. The quantitative estimate of drug-likeness (QED) is 0.0146. The number of carbonyl (C=O) groups excluding carboxylic acids is 1. The molecular weight excluding hydrogens is 956 g/mol. The Morgan fingerprint density at radius 1 is 0.446 bits per heavy atom. The molecule has 13 heteroatoms. The van der Waals surface area contributed by atoms with Crippen LogP contribution >= 0.6 is 7.82 Å². The molecule has 0 aromatic carbocycles. The van der Waals surface area contributed by atoms with E-state index in [9.17, 15) is 39.8 Å². The molecule has 1 fully saturated rings. The summed E-state index contributed by atoms with van der Waals surface area (Å²) in [6, 6.07) is 0. The number of phosphoric acid groups is 1. The van der Waals surface area contributed by atoms with Crippen LogP contribution in [0, 0.1) is 0 Å². The standard InChI is InChI=1S/C61H107O12P/c1-3-5-7-9-11-13-15-17-19-21-23-25-27-29-31-33-35-37-39-41-43-45-47-49-51-70-52-54(53-71-74(68,69)73-61-59(66)57(64)56(63)58(65)60(61)67)72-55(62)50-48-46-44-42-40-38-36-34-32-30-28-26-24-22-20-18-16-14-12-10-8-6-4-2/h6,8,12,14,18,20,24,26,30,32,36,38,42,44,54,56-61,63-67H,3-5,7,9-11,13,15-17,19,21-23,25,27-29,31,33-35,37,39-41,43,45-53H2,1-2H3,(H,68,69)/b8-6-,14-12-,20-18-,26-24-,32-30-,38-36-,44-42-. The summed E-state index contributed by atoms with van der Waals surface area (Å²) in [4.78, 5) is 23.3. The molecule has 0 radical (unpaired) electrons. The average Bonchev–Trinajstić information content (AvgIpc) is 3.39. The second-order valence-electron chi connectivity index (χ2n) is 20.1. The molecule has 0 saturated heterocycles. The first-order valence-corrected chi connectivity index (χ1v) is 30.9. The SMILES string of the molecule is CC/C=C\C/C=C\C/C=C\C/C=C\C/C=C\C/C=C\C/C=C\CCCC(=O)OC(COCCCCCCCCCCCCCCCCCCCCCCCCCC)COP(=O)(O)OC1C(O)C(O)C(O)C(O)C1O. The van der Waals surface area contributed by atoms with Crippen molar-refractivity contribution in [1.82, 2.24) is 0 Å². The molecule has 12 nitrogen and oxygen atoms in total. The number of unbranched alkanes of at least 4 members (excludes halogenated alkanes) is 24. The summed E-state index contributed by atoms with van der Waals surface area (Å²) in [6.45, 7) is 4.12. The average molecular weight is 1060 g/mol. The third kappa shape index (κ3) is 40.7. The molecule has 0 spiro atoms. The zero-order valence-corrected chi connectivity index (χ0v) is 47.3. The van der Waals surface area contributed by atoms with Crippen molar-refractivity contribution in [2.24, 2.45) is 0 Å². The van der Waals surface area contributed by atoms with Gasteiger partial charge >= 0.3 is 13.8 Å². The largest absolute Gasteiger partial charge is 0.472 e. The molecule has 0 bridgehead atoms. The molecule has 428 valence electrons. The van der Waals surface area contributed by atoms with Crippen LogP contribution in [0.1, 0.15) is 232 Å². The zero-order chi connectivity index (χ0) is 54.0. The summed E-state index contributed by atoms with van der Waals surface area (Å²) in [7, 11) is -5.05. The van der Waals surface area contributed by atoms with Crippen molar-refractivity contribution in [3.63, 3.8) is 0 Å². The monoisotopic (exact) mass is 1060 g/mol. The van der Waals surface area contributed by atoms with E-state index in [1.165, 1.54) is 135 Å². The highest BCUT2D eigenvalue weighted by Gasteiger charge is 2.51. The summed E-state index contributed by atoms with van der Waals surface area (Å²) in [5.74, 6) is -0.533. The minimum Gasteiger partial charge on any atom is -0.457 e. The van der Waals surface area contributed by atoms with Gasteiger partial charge in [0.15, 0.2) is 0 Å². The van der Waals surface area contributed by atoms with Gasteiger partial charge in [-0.3, -0.25) is 13.8 Å². The number of ether oxygens (including phenoxy) is 2. The lowest BCUT2D eigenvalue weighted by molar-refractivity contribution is -0.220. The first-order valence-electron chi connectivity index (χ1n) is 29.4. The highest BCUT2D eigenvalue weighted by Crippen LogP contribution is 2.47. The van der Waals surface area contributed by atoms with E-state index in [1.807, 2.05) is 12.2 Å². The number of esters is 1. The maximum atomic E-state index is 12.9. The van der Waals surface area contributed by atoms with Gasteiger partial charge in [0, 0.05) is 13.0 Å². The highest BCUT2D eigenvalue weighted by atomic mass is 31.2. The maximum Gasteiger partial charge on any atom is 0.472 e. The molecule has 0 aliphatic heterocycles. The van der Waals surface area contributed by atoms with Crippen molar-refractivity contribution in [3.8, 4) is 0 Å². The predicted molar refractivity (Wildman–Crippen MR) is 304 cm³/mol. The van der Waals surface area contributed by atoms with E-state index in [2.05, 4.69) is 86.8 Å². The van der Waals surface area contributed by atoms with Crippen LogP contribution in [0.5, 0.6) is 0 Å². The Morgan fingerprint density at radius 2 is 0.784 bits per heavy atom. The molecular formula is C61H107O12P. The first kappa shape index (κ1) is 69.5. The minimum atomic E-state index is -5.05. The molecule has 0 aromatic heterocycles. The fourth-order valence-corrected chi connectivity index (χ4v) is 9.67. The molecule has 0 aromatic rings. The molecule has 6 N–H and O–H groups in total. The van der Waals surface area contributed by atoms with Gasteiger partial charge in [-0.15, -0.1) is 0 Å². The Kier molecular flexibility index (Phi) is 47.0. The lowest BCUT2D eigenvalue weighted by atomic mass is 9.85. The molecule has 1 saturated carbocycles. The molecule has 0 heterocycles. The van der Waals surface area contributed by atoms with E-state index >= 15 is 0 Å². The van der Waals surface area contributed by atoms with Gasteiger partial charge in [-0.05, 0) is 64.2 Å². The molecule has 6 atom stereocenters. The van der Waals surface area contributed by atoms with E-state index in [-0.39, 0.29) is 13.0 Å². The van der Waals surface area contributed by atoms with Crippen LogP contribution < -0.4 is 0 Å². The second-order valence-corrected chi connectivity index (χ2v) is 21.5. The van der Waals surface area contributed by atoms with Crippen LogP contribution in [-0.4, -0.2) is 98.9 Å². The van der Waals surface area contributed by atoms with Crippen molar-refractivity contribution in [2.75, 3.05) is 19.8 Å². The Balaban J connectivity index is 2.32. The van der Waals surface area contributed by atoms with Gasteiger partial charge in [0.25, 0.3) is 0 Å². The summed E-state index contributed by atoms with van der Waals surface area (Å²) >= 11 is 0. The third-order valence-corrected chi connectivity index (χ3v) is 14.3. The lowest BCUT2D eigenvalue weighted by Gasteiger charge is -2.41. The van der Waals surface area contributed by atoms with Gasteiger partial charge < -0.3 is 39.9 Å². The molecule has 74 heavy (non-hydrogen) atoms. The number of carbonyl (C=O) groups is 1. The number of allylic oxidation sites excluding steroid dienone is 14. The maximum absolute atomic E-state index is 12.9. The number of hydrogen-bond acceptors (Lipinski definition) is 11. The first-order chi connectivity index (χ1) is 36.0. The van der Waals surface area contributed by atoms with Gasteiger partial charge in [-0.25, -0.2) is 4.57 Å². The molecule has 1 aliphatic carbocycles. The van der Waals surface area contributed by atoms with E-state index < -0.39 is 63.1 Å².